The molecule has 0 radical (unpaired) electrons. The fourth-order valence-corrected chi connectivity index (χ4v) is 3.45. The van der Waals surface area contributed by atoms with Gasteiger partial charge in [0.15, 0.2) is 6.29 Å². The normalized spacial score (nSPS) is 12.4. The summed E-state index contributed by atoms with van der Waals surface area (Å²) in [7, 11) is 0. The number of nitrogens with one attached hydrogen (secondary N) is 1. The second kappa shape index (κ2) is 9.38. The maximum atomic E-state index is 12.2. The predicted octanol–water partition coefficient (Wildman–Crippen LogP) is 3.70. The lowest BCUT2D eigenvalue weighted by Gasteiger charge is -2.20. The summed E-state index contributed by atoms with van der Waals surface area (Å²) < 4.78 is 5.50. The number of nitro groups is 1. The van der Waals surface area contributed by atoms with Crippen molar-refractivity contribution in [1.82, 2.24) is 5.43 Å². The summed E-state index contributed by atoms with van der Waals surface area (Å²) in [5, 5.41) is 12.8. The lowest BCUT2D eigenvalue weighted by Crippen LogP contribution is -2.41. The molecule has 0 bridgehead atoms. The van der Waals surface area contributed by atoms with Gasteiger partial charge in [-0.1, -0.05) is 29.8 Å². The van der Waals surface area contributed by atoms with Crippen LogP contribution in [0.3, 0.4) is 0 Å². The number of fused-ring (bicyclic) bond motifs is 1. The van der Waals surface area contributed by atoms with E-state index in [9.17, 15) is 19.7 Å². The first kappa shape index (κ1) is 20.6. The Morgan fingerprint density at radius 3 is 2.83 bits per heavy atom. The van der Waals surface area contributed by atoms with Gasteiger partial charge in [-0.3, -0.25) is 30.1 Å². The number of para-hydroxylation sites is 1. The number of aldehydes is 1. The van der Waals surface area contributed by atoms with Crippen molar-refractivity contribution in [2.75, 3.05) is 18.2 Å². The molecule has 2 aromatic rings. The summed E-state index contributed by atoms with van der Waals surface area (Å²) in [5.41, 5.74) is 4.49. The summed E-state index contributed by atoms with van der Waals surface area (Å²) in [6.07, 6.45) is 2.72. The van der Waals surface area contributed by atoms with Gasteiger partial charge in [0.05, 0.1) is 17.2 Å². The molecule has 152 valence electrons. The summed E-state index contributed by atoms with van der Waals surface area (Å²) in [5.74, 6) is 0.0200. The van der Waals surface area contributed by atoms with Crippen molar-refractivity contribution in [2.24, 2.45) is 0 Å². The molecule has 9 heteroatoms. The molecule has 0 aromatic heterocycles. The molecule has 2 aromatic carbocycles. The van der Waals surface area contributed by atoms with Crippen molar-refractivity contribution in [2.45, 2.75) is 25.7 Å². The van der Waals surface area contributed by atoms with E-state index in [4.69, 9.17) is 16.3 Å². The second-order valence-corrected chi connectivity index (χ2v) is 6.96. The van der Waals surface area contributed by atoms with Gasteiger partial charge in [-0.2, -0.15) is 0 Å². The van der Waals surface area contributed by atoms with Crippen LogP contribution in [-0.2, 0) is 11.2 Å². The zero-order valence-electron chi connectivity index (χ0n) is 15.6. The van der Waals surface area contributed by atoms with Gasteiger partial charge >= 0.3 is 5.69 Å². The number of nitrogens with zero attached hydrogens (tertiary/aromatic N) is 2. The van der Waals surface area contributed by atoms with Crippen molar-refractivity contribution in [1.29, 1.82) is 0 Å². The number of amides is 1. The lowest BCUT2D eigenvalue weighted by atomic mass is 10.1. The number of benzene rings is 2. The Hall–Kier alpha value is -3.13. The number of hydrogen-bond acceptors (Lipinski definition) is 6. The van der Waals surface area contributed by atoms with E-state index in [-0.39, 0.29) is 28.8 Å². The molecule has 1 amide bonds. The van der Waals surface area contributed by atoms with Crippen LogP contribution in [0.4, 0.5) is 11.4 Å². The minimum Gasteiger partial charge on any atom is -0.493 e. The van der Waals surface area contributed by atoms with Crippen LogP contribution in [0.1, 0.15) is 35.2 Å². The summed E-state index contributed by atoms with van der Waals surface area (Å²) in [6, 6.07) is 10.7. The first-order valence-corrected chi connectivity index (χ1v) is 9.59. The van der Waals surface area contributed by atoms with Crippen LogP contribution in [0.25, 0.3) is 0 Å². The van der Waals surface area contributed by atoms with Gasteiger partial charge in [-0.15, -0.1) is 0 Å². The number of carbonyl (C=O) groups excluding carboxylic acids is 2. The smallest absolute Gasteiger partial charge is 0.302 e. The van der Waals surface area contributed by atoms with E-state index < -0.39 is 10.6 Å². The Morgan fingerprint density at radius 1 is 1.28 bits per heavy atom. The van der Waals surface area contributed by atoms with Gasteiger partial charge < -0.3 is 4.74 Å². The molecule has 29 heavy (non-hydrogen) atoms. The topological polar surface area (TPSA) is 102 Å². The van der Waals surface area contributed by atoms with Crippen molar-refractivity contribution in [3.8, 4) is 5.75 Å². The molecular weight excluding hydrogens is 398 g/mol. The molecule has 0 saturated heterocycles. The first-order valence-electron chi connectivity index (χ1n) is 9.21. The van der Waals surface area contributed by atoms with E-state index >= 15 is 0 Å². The molecule has 1 aliphatic rings. The zero-order valence-corrected chi connectivity index (χ0v) is 16.4. The first-order chi connectivity index (χ1) is 14.0. The molecule has 1 aliphatic heterocycles. The van der Waals surface area contributed by atoms with Gasteiger partial charge in [-0.05, 0) is 43.0 Å². The van der Waals surface area contributed by atoms with Crippen LogP contribution >= 0.6 is 11.6 Å². The highest BCUT2D eigenvalue weighted by Crippen LogP contribution is 2.34. The molecule has 0 spiro atoms. The Kier molecular flexibility index (Phi) is 6.66. The van der Waals surface area contributed by atoms with Crippen LogP contribution in [-0.4, -0.2) is 30.3 Å². The number of unbranched alkanes of at least 4 members (excludes halogenated alkanes) is 1. The molecule has 1 N–H and O–H groups in total. The van der Waals surface area contributed by atoms with Gasteiger partial charge in [0.1, 0.15) is 16.3 Å². The molecule has 0 unspecified atom stereocenters. The third-order valence-electron chi connectivity index (χ3n) is 4.63. The summed E-state index contributed by atoms with van der Waals surface area (Å²) >= 11 is 5.79. The standard InChI is InChI=1S/C20H20ClN3O5/c21-16-8-9-18(15(13-25)20(16)24(27)28)29-12-4-3-7-19(26)22-23-11-10-14-5-1-2-6-17(14)23/h1-2,5-6,8-9,13H,3-4,7,10-12H2,(H,22,26). The average molecular weight is 418 g/mol. The van der Waals surface area contributed by atoms with E-state index in [0.717, 1.165) is 18.7 Å². The Bertz CT molecular complexity index is 934. The molecule has 1 heterocycles. The van der Waals surface area contributed by atoms with Gasteiger partial charge in [0.2, 0.25) is 5.91 Å². The third-order valence-corrected chi connectivity index (χ3v) is 4.94. The fourth-order valence-electron chi connectivity index (χ4n) is 3.22. The third kappa shape index (κ3) is 4.83. The zero-order chi connectivity index (χ0) is 20.8. The van der Waals surface area contributed by atoms with Crippen molar-refractivity contribution in [3.63, 3.8) is 0 Å². The SMILES string of the molecule is O=Cc1c(OCCCCC(=O)NN2CCc3ccccc32)ccc(Cl)c1[N+](=O)[O-]. The summed E-state index contributed by atoms with van der Waals surface area (Å²) in [4.78, 5) is 33.8. The number of hydrazine groups is 1. The Morgan fingerprint density at radius 2 is 2.07 bits per heavy atom. The number of nitro benzene ring substituents is 1. The van der Waals surface area contributed by atoms with Crippen molar-refractivity contribution < 1.29 is 19.2 Å². The highest BCUT2D eigenvalue weighted by Gasteiger charge is 2.23. The number of hydrogen-bond donors (Lipinski definition) is 1. The maximum Gasteiger partial charge on any atom is 0.302 e. The number of ether oxygens (including phenoxy) is 1. The highest BCUT2D eigenvalue weighted by molar-refractivity contribution is 6.33. The number of carbonyl (C=O) groups is 2. The largest absolute Gasteiger partial charge is 0.493 e. The molecule has 0 saturated carbocycles. The van der Waals surface area contributed by atoms with Gasteiger partial charge in [-0.25, -0.2) is 0 Å². The fraction of sp³-hybridized carbons (Fsp3) is 0.300. The number of rotatable bonds is 9. The average Bonchev–Trinajstić information content (AvgIpc) is 3.11. The monoisotopic (exact) mass is 417 g/mol. The van der Waals surface area contributed by atoms with E-state index in [1.54, 1.807) is 0 Å². The molecular formula is C20H20ClN3O5. The number of halogens is 1. The number of anilines is 1. The highest BCUT2D eigenvalue weighted by atomic mass is 35.5. The second-order valence-electron chi connectivity index (χ2n) is 6.55. The van der Waals surface area contributed by atoms with E-state index in [2.05, 4.69) is 5.43 Å². The molecule has 0 aliphatic carbocycles. The van der Waals surface area contributed by atoms with E-state index in [1.807, 2.05) is 29.3 Å². The van der Waals surface area contributed by atoms with E-state index in [0.29, 0.717) is 25.5 Å². The van der Waals surface area contributed by atoms with E-state index in [1.165, 1.54) is 17.7 Å². The minimum atomic E-state index is -0.709. The van der Waals surface area contributed by atoms with Crippen LogP contribution in [0.2, 0.25) is 5.02 Å². The van der Waals surface area contributed by atoms with Gasteiger partial charge in [0, 0.05) is 13.0 Å². The van der Waals surface area contributed by atoms with Crippen LogP contribution in [0.5, 0.6) is 5.75 Å². The van der Waals surface area contributed by atoms with Crippen LogP contribution < -0.4 is 15.2 Å². The Balaban J connectivity index is 1.45. The Labute approximate surface area is 172 Å². The molecule has 0 fully saturated rings. The van der Waals surface area contributed by atoms with Crippen LogP contribution in [0, 0.1) is 10.1 Å². The van der Waals surface area contributed by atoms with Gasteiger partial charge in [0.25, 0.3) is 0 Å². The molecule has 3 rings (SSSR count). The van der Waals surface area contributed by atoms with Crippen LogP contribution in [0.15, 0.2) is 36.4 Å². The maximum absolute atomic E-state index is 12.2. The minimum absolute atomic E-state index is 0.0857. The van der Waals surface area contributed by atoms with Crippen molar-refractivity contribution >= 4 is 35.2 Å². The van der Waals surface area contributed by atoms with Crippen molar-refractivity contribution in [3.05, 3.63) is 62.7 Å². The molecule has 0 atom stereocenters. The quantitative estimate of drug-likeness (QED) is 0.289. The lowest BCUT2D eigenvalue weighted by molar-refractivity contribution is -0.385. The summed E-state index contributed by atoms with van der Waals surface area (Å²) in [6.45, 7) is 0.970. The molecule has 8 nitrogen and oxygen atoms in total. The predicted molar refractivity (Wildman–Crippen MR) is 108 cm³/mol.